The van der Waals surface area contributed by atoms with E-state index in [-0.39, 0.29) is 29.8 Å². The van der Waals surface area contributed by atoms with Gasteiger partial charge in [-0.15, -0.1) is 0 Å². The lowest BCUT2D eigenvalue weighted by Gasteiger charge is -2.37. The van der Waals surface area contributed by atoms with Gasteiger partial charge in [-0.2, -0.15) is 0 Å². The molecule has 2 aromatic rings. The average Bonchev–Trinajstić information content (AvgIpc) is 3.44. The van der Waals surface area contributed by atoms with E-state index in [1.165, 1.54) is 11.3 Å². The van der Waals surface area contributed by atoms with E-state index in [4.69, 9.17) is 16.3 Å². The Bertz CT molecular complexity index is 1010. The summed E-state index contributed by atoms with van der Waals surface area (Å²) >= 11 is 7.47. The van der Waals surface area contributed by atoms with Crippen molar-refractivity contribution in [3.8, 4) is 0 Å². The highest BCUT2D eigenvalue weighted by Crippen LogP contribution is 2.29. The molecule has 2 amide bonds. The molecule has 0 saturated carbocycles. The van der Waals surface area contributed by atoms with Crippen LogP contribution in [0.5, 0.6) is 0 Å². The molecule has 2 aromatic heterocycles. The summed E-state index contributed by atoms with van der Waals surface area (Å²) in [6, 6.07) is -0.179. The summed E-state index contributed by atoms with van der Waals surface area (Å²) in [5.74, 6) is -0.190. The molecule has 0 aromatic carbocycles. The minimum atomic E-state index is -0.305. The maximum Gasteiger partial charge on any atom is 0.287 e. The first-order valence-corrected chi connectivity index (χ1v) is 13.3. The number of H-pyrrole nitrogens is 1. The minimum absolute atomic E-state index is 0.0904. The van der Waals surface area contributed by atoms with Crippen molar-refractivity contribution >= 4 is 39.9 Å². The van der Waals surface area contributed by atoms with E-state index in [1.807, 2.05) is 13.8 Å². The van der Waals surface area contributed by atoms with E-state index >= 15 is 0 Å². The van der Waals surface area contributed by atoms with E-state index in [0.717, 1.165) is 36.2 Å². The summed E-state index contributed by atoms with van der Waals surface area (Å²) in [6.45, 7) is 12.6. The molecule has 2 atom stereocenters. The van der Waals surface area contributed by atoms with Gasteiger partial charge in [-0.3, -0.25) is 9.59 Å². The van der Waals surface area contributed by atoms with Gasteiger partial charge in [-0.1, -0.05) is 43.7 Å². The maximum atomic E-state index is 12.7. The van der Waals surface area contributed by atoms with Crippen LogP contribution in [-0.4, -0.2) is 90.2 Å². The van der Waals surface area contributed by atoms with Gasteiger partial charge in [-0.05, 0) is 32.9 Å². The number of rotatable bonds is 11. The van der Waals surface area contributed by atoms with E-state index in [1.54, 1.807) is 7.11 Å². The number of amides is 2. The Morgan fingerprint density at radius 1 is 1.26 bits per heavy atom. The van der Waals surface area contributed by atoms with Gasteiger partial charge in [0.1, 0.15) is 4.88 Å². The number of carbonyl (C=O) groups excluding carboxylic acids is 2. The topological polar surface area (TPSA) is 115 Å². The lowest BCUT2D eigenvalue weighted by atomic mass is 10.0. The van der Waals surface area contributed by atoms with E-state index < -0.39 is 0 Å². The van der Waals surface area contributed by atoms with Crippen molar-refractivity contribution in [1.29, 1.82) is 0 Å². The highest BCUT2D eigenvalue weighted by molar-refractivity contribution is 7.17. The zero-order valence-electron chi connectivity index (χ0n) is 21.1. The third-order valence-corrected chi connectivity index (χ3v) is 7.87. The Kier molecular flexibility index (Phi) is 9.90. The van der Waals surface area contributed by atoms with Crippen LogP contribution in [0, 0.1) is 6.92 Å². The molecule has 3 rings (SSSR count). The number of hydrogen-bond acceptors (Lipinski definition) is 8. The van der Waals surface area contributed by atoms with Gasteiger partial charge in [0.25, 0.3) is 11.8 Å². The third kappa shape index (κ3) is 6.72. The lowest BCUT2D eigenvalue weighted by molar-refractivity contribution is 0.0538. The quantitative estimate of drug-likeness (QED) is 0.413. The van der Waals surface area contributed by atoms with Gasteiger partial charge in [0.15, 0.2) is 16.1 Å². The summed E-state index contributed by atoms with van der Waals surface area (Å²) in [5.41, 5.74) is 1.46. The van der Waals surface area contributed by atoms with Gasteiger partial charge in [0.05, 0.1) is 23.5 Å². The van der Waals surface area contributed by atoms with Gasteiger partial charge in [0.2, 0.25) is 0 Å². The fourth-order valence-corrected chi connectivity index (χ4v) is 5.42. The van der Waals surface area contributed by atoms with Crippen LogP contribution in [0.15, 0.2) is 0 Å². The van der Waals surface area contributed by atoms with Crippen molar-refractivity contribution in [3.63, 3.8) is 0 Å². The van der Waals surface area contributed by atoms with E-state index in [2.05, 4.69) is 49.2 Å². The second-order valence-corrected chi connectivity index (χ2v) is 9.83. The highest BCUT2D eigenvalue weighted by Gasteiger charge is 2.33. The molecule has 1 aliphatic heterocycles. The van der Waals surface area contributed by atoms with Gasteiger partial charge in [-0.25, -0.2) is 9.97 Å². The zero-order chi connectivity index (χ0) is 25.5. The van der Waals surface area contributed by atoms with Crippen molar-refractivity contribution in [2.75, 3.05) is 51.3 Å². The normalized spacial score (nSPS) is 18.2. The molecule has 1 aliphatic rings. The fraction of sp³-hybridized carbons (Fsp3) is 0.652. The van der Waals surface area contributed by atoms with Gasteiger partial charge < -0.3 is 30.2 Å². The number of piperidine rings is 1. The summed E-state index contributed by atoms with van der Waals surface area (Å²) in [7, 11) is 1.63. The first kappa shape index (κ1) is 27.4. The second-order valence-electron chi connectivity index (χ2n) is 8.49. The standard InChI is InChI=1S/C23H36ClN7O3S/c1-6-15-19(24)29-20(27-15)22(33)28-16-9-11-31(13-17(16)34-5)23-26-14(4)18(35-23)21(32)25-10-12-30(7-2)8-3/h16-17H,6-13H2,1-5H3,(H,25,32)(H,27,29)(H,28,33). The smallest absolute Gasteiger partial charge is 0.287 e. The number of nitrogens with one attached hydrogen (secondary N) is 3. The van der Waals surface area contributed by atoms with Crippen molar-refractivity contribution in [2.45, 2.75) is 52.7 Å². The Morgan fingerprint density at radius 2 is 2.00 bits per heavy atom. The molecule has 194 valence electrons. The maximum absolute atomic E-state index is 12.7. The predicted octanol–water partition coefficient (Wildman–Crippen LogP) is 2.49. The number of halogens is 1. The number of hydrogen-bond donors (Lipinski definition) is 3. The number of methoxy groups -OCH3 is 1. The molecule has 1 saturated heterocycles. The number of likely N-dealkylation sites (N-methyl/N-ethyl adjacent to an activating group) is 1. The number of ether oxygens (including phenoxy) is 1. The lowest BCUT2D eigenvalue weighted by Crippen LogP contribution is -2.55. The number of aryl methyl sites for hydroxylation is 2. The molecule has 3 heterocycles. The van der Waals surface area contributed by atoms with Gasteiger partial charge in [0, 0.05) is 33.3 Å². The van der Waals surface area contributed by atoms with Crippen LogP contribution in [0.4, 0.5) is 5.13 Å². The van der Waals surface area contributed by atoms with Crippen LogP contribution in [0.2, 0.25) is 5.15 Å². The van der Waals surface area contributed by atoms with Crippen LogP contribution in [0.1, 0.15) is 58.9 Å². The van der Waals surface area contributed by atoms with Gasteiger partial charge >= 0.3 is 0 Å². The molecule has 1 fully saturated rings. The number of nitrogens with zero attached hydrogens (tertiary/aromatic N) is 4. The number of aromatic amines is 1. The van der Waals surface area contributed by atoms with Crippen molar-refractivity contribution < 1.29 is 14.3 Å². The molecule has 2 unspecified atom stereocenters. The molecule has 10 nitrogen and oxygen atoms in total. The molecule has 0 radical (unpaired) electrons. The first-order chi connectivity index (χ1) is 16.8. The minimum Gasteiger partial charge on any atom is -0.377 e. The zero-order valence-corrected chi connectivity index (χ0v) is 22.7. The summed E-state index contributed by atoms with van der Waals surface area (Å²) in [6.07, 6.45) is 1.10. The van der Waals surface area contributed by atoms with Crippen LogP contribution in [-0.2, 0) is 11.2 Å². The number of thiazole rings is 1. The molecule has 0 spiro atoms. The highest BCUT2D eigenvalue weighted by atomic mass is 35.5. The number of carbonyl (C=O) groups is 2. The SMILES string of the molecule is CCc1[nH]c(C(=O)NC2CCN(c3nc(C)c(C(=O)NCCN(CC)CC)s3)CC2OC)nc1Cl. The summed E-state index contributed by atoms with van der Waals surface area (Å²) in [5, 5.41) is 7.14. The monoisotopic (exact) mass is 525 g/mol. The second kappa shape index (κ2) is 12.7. The third-order valence-electron chi connectivity index (χ3n) is 6.35. The van der Waals surface area contributed by atoms with Crippen molar-refractivity contribution in [1.82, 2.24) is 30.5 Å². The Labute approximate surface area is 215 Å². The molecular weight excluding hydrogens is 490 g/mol. The predicted molar refractivity (Wildman–Crippen MR) is 139 cm³/mol. The summed E-state index contributed by atoms with van der Waals surface area (Å²) < 4.78 is 5.70. The Balaban J connectivity index is 1.59. The molecule has 0 aliphatic carbocycles. The molecule has 0 bridgehead atoms. The summed E-state index contributed by atoms with van der Waals surface area (Å²) in [4.78, 5) is 42.2. The largest absolute Gasteiger partial charge is 0.377 e. The number of anilines is 1. The molecule has 35 heavy (non-hydrogen) atoms. The fourth-order valence-electron chi connectivity index (χ4n) is 4.14. The van der Waals surface area contributed by atoms with Crippen LogP contribution < -0.4 is 15.5 Å². The van der Waals surface area contributed by atoms with Crippen LogP contribution in [0.25, 0.3) is 0 Å². The van der Waals surface area contributed by atoms with Crippen molar-refractivity contribution in [2.24, 2.45) is 0 Å². The molecular formula is C23H36ClN7O3S. The van der Waals surface area contributed by atoms with E-state index in [0.29, 0.717) is 42.5 Å². The average molecular weight is 526 g/mol. The van der Waals surface area contributed by atoms with Crippen molar-refractivity contribution in [3.05, 3.63) is 27.2 Å². The Morgan fingerprint density at radius 3 is 2.63 bits per heavy atom. The van der Waals surface area contributed by atoms with Crippen LogP contribution >= 0.6 is 22.9 Å². The number of imidazole rings is 1. The molecule has 12 heteroatoms. The molecule has 3 N–H and O–H groups in total. The van der Waals surface area contributed by atoms with E-state index in [9.17, 15) is 9.59 Å². The Hall–Kier alpha value is -2.21. The number of aromatic nitrogens is 3. The van der Waals surface area contributed by atoms with Crippen LogP contribution in [0.3, 0.4) is 0 Å². The first-order valence-electron chi connectivity index (χ1n) is 12.1.